The van der Waals surface area contributed by atoms with Crippen LogP contribution in [0.3, 0.4) is 0 Å². The molecule has 2 atom stereocenters. The van der Waals surface area contributed by atoms with E-state index >= 15 is 0 Å². The van der Waals surface area contributed by atoms with Gasteiger partial charge in [-0.2, -0.15) is 0 Å². The second-order valence-corrected chi connectivity index (χ2v) is 11.7. The van der Waals surface area contributed by atoms with Crippen molar-refractivity contribution >= 4 is 11.9 Å². The first kappa shape index (κ1) is 23.6. The van der Waals surface area contributed by atoms with Crippen LogP contribution in [0.4, 0.5) is 0 Å². The third kappa shape index (κ3) is 4.21. The highest BCUT2D eigenvalue weighted by Gasteiger charge is 2.56. The van der Waals surface area contributed by atoms with Crippen molar-refractivity contribution in [1.82, 2.24) is 9.47 Å². The molecule has 4 aliphatic rings. The van der Waals surface area contributed by atoms with Gasteiger partial charge in [0.05, 0.1) is 17.7 Å². The molecule has 0 radical (unpaired) electrons. The highest BCUT2D eigenvalue weighted by molar-refractivity contribution is 5.89. The van der Waals surface area contributed by atoms with Gasteiger partial charge in [0.1, 0.15) is 0 Å². The molecule has 0 bridgehead atoms. The Balaban J connectivity index is 1.38. The number of hydrogen-bond donors (Lipinski definition) is 2. The molecule has 34 heavy (non-hydrogen) atoms. The number of carboxylic acids is 1. The topological polar surface area (TPSA) is 99.8 Å². The van der Waals surface area contributed by atoms with Crippen molar-refractivity contribution in [2.75, 3.05) is 13.1 Å². The van der Waals surface area contributed by atoms with Gasteiger partial charge < -0.3 is 19.7 Å². The second kappa shape index (κ2) is 8.81. The van der Waals surface area contributed by atoms with E-state index in [4.69, 9.17) is 0 Å². The van der Waals surface area contributed by atoms with E-state index in [1.807, 2.05) is 11.8 Å². The van der Waals surface area contributed by atoms with Crippen molar-refractivity contribution in [3.05, 3.63) is 33.7 Å². The number of aromatic nitrogens is 1. The van der Waals surface area contributed by atoms with Crippen molar-refractivity contribution in [3.8, 4) is 0 Å². The van der Waals surface area contributed by atoms with Gasteiger partial charge in [0.2, 0.25) is 5.91 Å². The van der Waals surface area contributed by atoms with Gasteiger partial charge in [0, 0.05) is 36.7 Å². The van der Waals surface area contributed by atoms with Crippen molar-refractivity contribution in [2.45, 2.75) is 95.6 Å². The summed E-state index contributed by atoms with van der Waals surface area (Å²) in [7, 11) is 0. The number of amides is 1. The summed E-state index contributed by atoms with van der Waals surface area (Å²) in [5.41, 5.74) is -1.05. The smallest absolute Gasteiger partial charge is 0.337 e. The Labute approximate surface area is 201 Å². The van der Waals surface area contributed by atoms with E-state index in [0.29, 0.717) is 31.0 Å². The first-order chi connectivity index (χ1) is 16.2. The molecule has 1 aliphatic heterocycles. The minimum Gasteiger partial charge on any atom is -0.478 e. The van der Waals surface area contributed by atoms with E-state index in [1.54, 1.807) is 0 Å². The Morgan fingerprint density at radius 1 is 1.12 bits per heavy atom. The van der Waals surface area contributed by atoms with Crippen molar-refractivity contribution in [2.24, 2.45) is 17.3 Å². The zero-order valence-electron chi connectivity index (χ0n) is 20.3. The largest absolute Gasteiger partial charge is 0.478 e. The number of aliphatic hydroxyl groups is 1. The zero-order chi connectivity index (χ0) is 24.1. The van der Waals surface area contributed by atoms with Gasteiger partial charge in [0.15, 0.2) is 0 Å². The minimum atomic E-state index is -1.14. The molecule has 2 N–H and O–H groups in total. The maximum atomic E-state index is 13.3. The Hall–Kier alpha value is -2.15. The van der Waals surface area contributed by atoms with Crippen LogP contribution in [0.15, 0.2) is 17.1 Å². The molecule has 1 aromatic heterocycles. The van der Waals surface area contributed by atoms with Crippen molar-refractivity contribution < 1.29 is 19.8 Å². The molecule has 5 rings (SSSR count). The minimum absolute atomic E-state index is 0.00524. The summed E-state index contributed by atoms with van der Waals surface area (Å²) < 4.78 is 1.41. The number of hydrogen-bond acceptors (Lipinski definition) is 4. The molecule has 1 saturated heterocycles. The second-order valence-electron chi connectivity index (χ2n) is 11.7. The van der Waals surface area contributed by atoms with Crippen LogP contribution in [-0.4, -0.2) is 50.2 Å². The number of nitrogens with zero attached hydrogens (tertiary/aromatic N) is 2. The number of likely N-dealkylation sites (tertiary alicyclic amines) is 1. The molecule has 0 aromatic carbocycles. The number of carbonyl (C=O) groups excluding carboxylic acids is 1. The monoisotopic (exact) mass is 470 g/mol. The van der Waals surface area contributed by atoms with Gasteiger partial charge in [-0.25, -0.2) is 4.79 Å². The third-order valence-corrected chi connectivity index (χ3v) is 9.32. The van der Waals surface area contributed by atoms with Gasteiger partial charge in [0.25, 0.3) is 5.56 Å². The van der Waals surface area contributed by atoms with E-state index in [-0.39, 0.29) is 35.4 Å². The molecule has 186 valence electrons. The quantitative estimate of drug-likeness (QED) is 0.632. The Kier molecular flexibility index (Phi) is 6.11. The fraction of sp³-hybridized carbons (Fsp3) is 0.741. The lowest BCUT2D eigenvalue weighted by Gasteiger charge is -2.53. The SMILES string of the molecule is C[C@H](CC1CCC1)C(=O)N1CC[C@@](O)(Cn2cc(C(=O)O)c(C3CC3)cc2=O)C2(CCCC2)C1. The summed E-state index contributed by atoms with van der Waals surface area (Å²) in [6, 6.07) is 1.46. The fourth-order valence-electron chi connectivity index (χ4n) is 6.83. The molecule has 1 aromatic rings. The van der Waals surface area contributed by atoms with Crippen molar-refractivity contribution in [1.29, 1.82) is 0 Å². The maximum Gasteiger partial charge on any atom is 0.337 e. The Morgan fingerprint density at radius 3 is 2.41 bits per heavy atom. The molecule has 1 amide bonds. The lowest BCUT2D eigenvalue weighted by atomic mass is 9.65. The lowest BCUT2D eigenvalue weighted by Crippen LogP contribution is -2.62. The van der Waals surface area contributed by atoms with E-state index in [1.165, 1.54) is 36.1 Å². The van der Waals surface area contributed by atoms with Crippen molar-refractivity contribution in [3.63, 3.8) is 0 Å². The predicted octanol–water partition coefficient (Wildman–Crippen LogP) is 3.77. The standard InChI is InChI=1S/C27H38N2O5/c1-18(13-19-5-4-6-19)24(31)28-12-11-27(34,26(16-28)9-2-3-10-26)17-29-15-22(25(32)33)21(14-23(29)30)20-7-8-20/h14-15,18-20,34H,2-13,16-17H2,1H3,(H,32,33)/t18-,27-/m1/s1. The molecule has 0 unspecified atom stereocenters. The summed E-state index contributed by atoms with van der Waals surface area (Å²) in [6.07, 6.45) is 12.0. The van der Waals surface area contributed by atoms with Crippen LogP contribution in [0.1, 0.15) is 99.4 Å². The highest BCUT2D eigenvalue weighted by Crippen LogP contribution is 2.52. The summed E-state index contributed by atoms with van der Waals surface area (Å²) in [4.78, 5) is 40.1. The predicted molar refractivity (Wildman–Crippen MR) is 128 cm³/mol. The number of aromatic carboxylic acids is 1. The van der Waals surface area contributed by atoms with Crippen LogP contribution in [0.2, 0.25) is 0 Å². The maximum absolute atomic E-state index is 13.3. The van der Waals surface area contributed by atoms with Crippen LogP contribution < -0.4 is 5.56 Å². The molecular weight excluding hydrogens is 432 g/mol. The normalized spacial score (nSPS) is 27.5. The summed E-state index contributed by atoms with van der Waals surface area (Å²) in [5.74, 6) is 0.00741. The molecule has 1 spiro atoms. The Morgan fingerprint density at radius 2 is 1.82 bits per heavy atom. The average molecular weight is 471 g/mol. The molecular formula is C27H38N2O5. The van der Waals surface area contributed by atoms with E-state index in [0.717, 1.165) is 44.9 Å². The molecule has 7 nitrogen and oxygen atoms in total. The van der Waals surface area contributed by atoms with Gasteiger partial charge in [-0.15, -0.1) is 0 Å². The van der Waals surface area contributed by atoms with E-state index in [9.17, 15) is 24.6 Å². The van der Waals surface area contributed by atoms with E-state index < -0.39 is 17.0 Å². The van der Waals surface area contributed by atoms with Gasteiger partial charge in [-0.1, -0.05) is 39.0 Å². The molecule has 3 saturated carbocycles. The molecule has 3 aliphatic carbocycles. The number of carbonyl (C=O) groups is 2. The first-order valence-electron chi connectivity index (χ1n) is 13.2. The number of carboxylic acid groups (broad SMARTS) is 1. The van der Waals surface area contributed by atoms with Gasteiger partial charge in [-0.3, -0.25) is 9.59 Å². The number of pyridine rings is 1. The summed E-state index contributed by atoms with van der Waals surface area (Å²) in [5, 5.41) is 21.7. The molecule has 4 fully saturated rings. The summed E-state index contributed by atoms with van der Waals surface area (Å²) >= 11 is 0. The van der Waals surface area contributed by atoms with Crippen LogP contribution in [0.25, 0.3) is 0 Å². The molecule has 2 heterocycles. The number of piperidine rings is 1. The van der Waals surface area contributed by atoms with Gasteiger partial charge in [-0.05, 0) is 55.9 Å². The number of rotatable bonds is 7. The van der Waals surface area contributed by atoms with Crippen LogP contribution >= 0.6 is 0 Å². The third-order valence-electron chi connectivity index (χ3n) is 9.32. The Bertz CT molecular complexity index is 1020. The van der Waals surface area contributed by atoms with Crippen LogP contribution in [0, 0.1) is 17.3 Å². The fourth-order valence-corrected chi connectivity index (χ4v) is 6.83. The average Bonchev–Trinajstić information content (AvgIpc) is 3.51. The van der Waals surface area contributed by atoms with Crippen LogP contribution in [-0.2, 0) is 11.3 Å². The lowest BCUT2D eigenvalue weighted by molar-refractivity contribution is -0.163. The van der Waals surface area contributed by atoms with Gasteiger partial charge >= 0.3 is 5.97 Å². The summed E-state index contributed by atoms with van der Waals surface area (Å²) in [6.45, 7) is 3.12. The first-order valence-corrected chi connectivity index (χ1v) is 13.2. The highest BCUT2D eigenvalue weighted by atomic mass is 16.4. The zero-order valence-corrected chi connectivity index (χ0v) is 20.3. The molecule has 7 heteroatoms. The van der Waals surface area contributed by atoms with Crippen LogP contribution in [0.5, 0.6) is 0 Å². The van der Waals surface area contributed by atoms with E-state index in [2.05, 4.69) is 0 Å².